The number of ether oxygens (including phenoxy) is 2. The average molecular weight is 486 g/mol. The summed E-state index contributed by atoms with van der Waals surface area (Å²) in [7, 11) is 2.98. The molecule has 2 heterocycles. The summed E-state index contributed by atoms with van der Waals surface area (Å²) in [6.45, 7) is 0. The van der Waals surface area contributed by atoms with Gasteiger partial charge < -0.3 is 20.5 Å². The lowest BCUT2D eigenvalue weighted by molar-refractivity contribution is 0.395. The Balaban J connectivity index is 1.80. The highest BCUT2D eigenvalue weighted by molar-refractivity contribution is 6.41. The monoisotopic (exact) mass is 485 g/mol. The van der Waals surface area contributed by atoms with E-state index in [-0.39, 0.29) is 15.6 Å². The standard InChI is InChI=1S/C23H18Cl2FN5O2/c1-32-18-10-19(33-2)21(25)22(20(18)24)31-23-13(4-3-7-28-23)16-9-17(30-11-29-16)14-8-12(27)5-6-15(14)26/h3-11H,27H2,1-2H3,(H,28,31). The predicted octanol–water partition coefficient (Wildman–Crippen LogP) is 5.99. The number of rotatable bonds is 6. The van der Waals surface area contributed by atoms with Crippen molar-refractivity contribution < 1.29 is 13.9 Å². The Morgan fingerprint density at radius 2 is 1.55 bits per heavy atom. The molecule has 2 aromatic carbocycles. The van der Waals surface area contributed by atoms with E-state index >= 15 is 0 Å². The van der Waals surface area contributed by atoms with Crippen molar-refractivity contribution in [2.45, 2.75) is 0 Å². The van der Waals surface area contributed by atoms with Crippen LogP contribution in [0.2, 0.25) is 10.0 Å². The summed E-state index contributed by atoms with van der Waals surface area (Å²) in [6.07, 6.45) is 2.95. The molecule has 33 heavy (non-hydrogen) atoms. The first-order valence-corrected chi connectivity index (χ1v) is 10.4. The maximum Gasteiger partial charge on any atom is 0.143 e. The molecule has 4 aromatic rings. The number of pyridine rings is 1. The van der Waals surface area contributed by atoms with Crippen LogP contribution in [0.25, 0.3) is 22.5 Å². The van der Waals surface area contributed by atoms with Gasteiger partial charge in [-0.25, -0.2) is 19.3 Å². The molecule has 0 spiro atoms. The van der Waals surface area contributed by atoms with E-state index in [1.165, 1.54) is 38.7 Å². The third-order valence-electron chi connectivity index (χ3n) is 4.83. The molecular formula is C23H18Cl2FN5O2. The average Bonchev–Trinajstić information content (AvgIpc) is 2.84. The lowest BCUT2D eigenvalue weighted by atomic mass is 10.1. The van der Waals surface area contributed by atoms with E-state index in [0.717, 1.165) is 0 Å². The third kappa shape index (κ3) is 4.48. The lowest BCUT2D eigenvalue weighted by Crippen LogP contribution is -2.01. The molecule has 2 aromatic heterocycles. The molecule has 0 amide bonds. The van der Waals surface area contributed by atoms with Gasteiger partial charge in [-0.3, -0.25) is 0 Å². The normalized spacial score (nSPS) is 10.7. The van der Waals surface area contributed by atoms with Crippen molar-refractivity contribution in [2.24, 2.45) is 0 Å². The number of hydrogen-bond donors (Lipinski definition) is 2. The zero-order valence-corrected chi connectivity index (χ0v) is 19.1. The second-order valence-electron chi connectivity index (χ2n) is 6.84. The SMILES string of the molecule is COc1cc(OC)c(Cl)c(Nc2ncccc2-c2cc(-c3cc(N)ccc3F)ncn2)c1Cl. The van der Waals surface area contributed by atoms with Crippen molar-refractivity contribution in [3.8, 4) is 34.0 Å². The van der Waals surface area contributed by atoms with Crippen molar-refractivity contribution in [3.05, 3.63) is 70.9 Å². The first-order chi connectivity index (χ1) is 15.9. The van der Waals surface area contributed by atoms with Gasteiger partial charge in [0.2, 0.25) is 0 Å². The zero-order chi connectivity index (χ0) is 23.5. The zero-order valence-electron chi connectivity index (χ0n) is 17.6. The topological polar surface area (TPSA) is 95.2 Å². The Morgan fingerprint density at radius 1 is 0.879 bits per heavy atom. The van der Waals surface area contributed by atoms with Crippen LogP contribution in [0.15, 0.2) is 55.0 Å². The number of hydrogen-bond acceptors (Lipinski definition) is 7. The summed E-state index contributed by atoms with van der Waals surface area (Å²) in [6, 6.07) is 11.1. The molecule has 0 unspecified atom stereocenters. The highest BCUT2D eigenvalue weighted by Crippen LogP contribution is 2.45. The van der Waals surface area contributed by atoms with Crippen molar-refractivity contribution in [1.82, 2.24) is 15.0 Å². The van der Waals surface area contributed by atoms with Crippen LogP contribution in [0.3, 0.4) is 0 Å². The Bertz CT molecular complexity index is 1310. The van der Waals surface area contributed by atoms with Gasteiger partial charge in [-0.2, -0.15) is 0 Å². The summed E-state index contributed by atoms with van der Waals surface area (Å²) in [5, 5.41) is 3.66. The van der Waals surface area contributed by atoms with Gasteiger partial charge >= 0.3 is 0 Å². The number of anilines is 3. The van der Waals surface area contributed by atoms with Crippen molar-refractivity contribution in [2.75, 3.05) is 25.3 Å². The van der Waals surface area contributed by atoms with Crippen LogP contribution in [-0.2, 0) is 0 Å². The lowest BCUT2D eigenvalue weighted by Gasteiger charge is -2.17. The van der Waals surface area contributed by atoms with E-state index < -0.39 is 5.82 Å². The Kier molecular flexibility index (Phi) is 6.48. The second kappa shape index (κ2) is 9.48. The van der Waals surface area contributed by atoms with Gasteiger partial charge in [0.05, 0.1) is 31.3 Å². The molecule has 3 N–H and O–H groups in total. The van der Waals surface area contributed by atoms with E-state index in [9.17, 15) is 4.39 Å². The summed E-state index contributed by atoms with van der Waals surface area (Å²) in [4.78, 5) is 13.0. The van der Waals surface area contributed by atoms with E-state index in [2.05, 4.69) is 20.3 Å². The van der Waals surface area contributed by atoms with Crippen LogP contribution in [0.5, 0.6) is 11.5 Å². The highest BCUT2D eigenvalue weighted by atomic mass is 35.5. The minimum atomic E-state index is -0.444. The van der Waals surface area contributed by atoms with E-state index in [4.69, 9.17) is 38.4 Å². The number of nitrogen functional groups attached to an aromatic ring is 1. The van der Waals surface area contributed by atoms with Crippen LogP contribution in [-0.4, -0.2) is 29.2 Å². The molecule has 0 fully saturated rings. The van der Waals surface area contributed by atoms with Crippen LogP contribution in [0, 0.1) is 5.82 Å². The van der Waals surface area contributed by atoms with Crippen LogP contribution in [0.1, 0.15) is 0 Å². The quantitative estimate of drug-likeness (QED) is 0.323. The molecule has 0 bridgehead atoms. The van der Waals surface area contributed by atoms with Gasteiger partial charge in [0.1, 0.15) is 39.5 Å². The van der Waals surface area contributed by atoms with Crippen molar-refractivity contribution >= 4 is 40.4 Å². The van der Waals surface area contributed by atoms with Gasteiger partial charge in [-0.1, -0.05) is 23.2 Å². The van der Waals surface area contributed by atoms with Crippen LogP contribution >= 0.6 is 23.2 Å². The molecule has 0 saturated heterocycles. The van der Waals surface area contributed by atoms with Gasteiger partial charge in [-0.15, -0.1) is 0 Å². The molecule has 0 aliphatic carbocycles. The highest BCUT2D eigenvalue weighted by Gasteiger charge is 2.20. The molecular weight excluding hydrogens is 468 g/mol. The van der Waals surface area contributed by atoms with Crippen molar-refractivity contribution in [1.29, 1.82) is 0 Å². The number of nitrogens with one attached hydrogen (secondary N) is 1. The predicted molar refractivity (Wildman–Crippen MR) is 128 cm³/mol. The molecule has 0 saturated carbocycles. The molecule has 10 heteroatoms. The first kappa shape index (κ1) is 22.6. The fraction of sp³-hybridized carbons (Fsp3) is 0.0870. The smallest absolute Gasteiger partial charge is 0.143 e. The summed E-state index contributed by atoms with van der Waals surface area (Å²) >= 11 is 13.0. The number of methoxy groups -OCH3 is 2. The fourth-order valence-electron chi connectivity index (χ4n) is 3.22. The second-order valence-corrected chi connectivity index (χ2v) is 7.59. The minimum Gasteiger partial charge on any atom is -0.495 e. The summed E-state index contributed by atoms with van der Waals surface area (Å²) in [5.41, 5.74) is 8.35. The van der Waals surface area contributed by atoms with Crippen LogP contribution < -0.4 is 20.5 Å². The largest absolute Gasteiger partial charge is 0.495 e. The molecule has 0 aliphatic rings. The molecule has 0 aliphatic heterocycles. The molecule has 7 nitrogen and oxygen atoms in total. The van der Waals surface area contributed by atoms with E-state index in [0.29, 0.717) is 45.6 Å². The molecule has 4 rings (SSSR count). The number of nitrogens with zero attached hydrogens (tertiary/aromatic N) is 3. The number of aromatic nitrogens is 3. The van der Waals surface area contributed by atoms with Crippen LogP contribution in [0.4, 0.5) is 21.6 Å². The van der Waals surface area contributed by atoms with Gasteiger partial charge in [0.15, 0.2) is 0 Å². The number of halogens is 3. The summed E-state index contributed by atoms with van der Waals surface area (Å²) < 4.78 is 25.0. The maximum atomic E-state index is 14.4. The van der Waals surface area contributed by atoms with Gasteiger partial charge in [-0.05, 0) is 36.4 Å². The number of nitrogens with two attached hydrogens (primary N) is 1. The van der Waals surface area contributed by atoms with Gasteiger partial charge in [0.25, 0.3) is 0 Å². The Morgan fingerprint density at radius 3 is 2.21 bits per heavy atom. The number of benzene rings is 2. The maximum absolute atomic E-state index is 14.4. The van der Waals surface area contributed by atoms with Crippen molar-refractivity contribution in [3.63, 3.8) is 0 Å². The molecule has 0 atom stereocenters. The van der Waals surface area contributed by atoms with E-state index in [1.54, 1.807) is 30.5 Å². The Labute approximate surface area is 199 Å². The fourth-order valence-corrected chi connectivity index (χ4v) is 3.81. The van der Waals surface area contributed by atoms with Gasteiger partial charge in [0, 0.05) is 29.1 Å². The van der Waals surface area contributed by atoms with E-state index in [1.807, 2.05) is 0 Å². The molecule has 0 radical (unpaired) electrons. The first-order valence-electron chi connectivity index (χ1n) is 9.62. The Hall–Kier alpha value is -3.62. The minimum absolute atomic E-state index is 0.255. The third-order valence-corrected chi connectivity index (χ3v) is 5.58. The molecule has 168 valence electrons. The summed E-state index contributed by atoms with van der Waals surface area (Å²) in [5.74, 6) is 0.716.